The van der Waals surface area contributed by atoms with E-state index in [1.807, 2.05) is 0 Å². The molecule has 0 radical (unpaired) electrons. The molecule has 0 aromatic heterocycles. The Bertz CT molecular complexity index is 629. The number of carboxylic acids is 1. The van der Waals surface area contributed by atoms with Crippen LogP contribution in [0.1, 0.15) is 124 Å². The molecular weight excluding hydrogens is 448 g/mol. The van der Waals surface area contributed by atoms with Crippen LogP contribution in [0.5, 0.6) is 0 Å². The highest BCUT2D eigenvalue weighted by atomic mass is 16.6. The van der Waals surface area contributed by atoms with Gasteiger partial charge >= 0.3 is 18.0 Å². The predicted octanol–water partition coefficient (Wildman–Crippen LogP) is 5.47. The second kappa shape index (κ2) is 15.3. The quantitative estimate of drug-likeness (QED) is 0.400. The van der Waals surface area contributed by atoms with E-state index >= 15 is 0 Å². The van der Waals surface area contributed by atoms with Crippen LogP contribution in [0.25, 0.3) is 0 Å². The maximum atomic E-state index is 12.1. The zero-order valence-electron chi connectivity index (χ0n) is 22.1. The molecule has 3 rings (SSSR count). The Morgan fingerprint density at radius 3 is 1.69 bits per heavy atom. The van der Waals surface area contributed by atoms with Gasteiger partial charge in [0.1, 0.15) is 17.7 Å². The molecule has 1 amide bonds. The van der Waals surface area contributed by atoms with Crippen LogP contribution in [0.15, 0.2) is 0 Å². The molecule has 8 nitrogen and oxygen atoms in total. The largest absolute Gasteiger partial charge is 0.481 e. The molecule has 0 unspecified atom stereocenters. The van der Waals surface area contributed by atoms with Crippen LogP contribution in [0, 0.1) is 0 Å². The minimum atomic E-state index is -1.24. The maximum Gasteiger partial charge on any atom is 0.408 e. The van der Waals surface area contributed by atoms with Crippen molar-refractivity contribution in [3.8, 4) is 0 Å². The van der Waals surface area contributed by atoms with Crippen molar-refractivity contribution in [2.24, 2.45) is 0 Å². The average Bonchev–Trinajstić information content (AvgIpc) is 2.79. The standard InChI is InChI=1S/C15H25NO6.C12H23N/c1-15(2,3)22-14(20)16-11(9-12(17)18)13(19)21-10-7-5-4-6-8-10;1-3-7-11(8-4-1)13-12-9-5-2-6-10-12/h10-11H,4-9H2,1-3H3,(H,16,20)(H,17,18);11-13H,1-10H2/t11-;/m0./s1. The SMILES string of the molecule is C1CCC(NC2CCCCC2)CC1.CC(C)(C)OC(=O)N[C@@H](CC(=O)O)C(=O)OC1CCCCC1. The first-order valence-corrected chi connectivity index (χ1v) is 13.8. The second-order valence-electron chi connectivity index (χ2n) is 11.3. The van der Waals surface area contributed by atoms with Crippen LogP contribution in [0.4, 0.5) is 4.79 Å². The van der Waals surface area contributed by atoms with E-state index < -0.39 is 36.1 Å². The highest BCUT2D eigenvalue weighted by molar-refractivity contribution is 5.85. The molecule has 1 atom stereocenters. The highest BCUT2D eigenvalue weighted by Gasteiger charge is 2.30. The third kappa shape index (κ3) is 13.2. The molecule has 3 aliphatic rings. The van der Waals surface area contributed by atoms with Crippen molar-refractivity contribution < 1.29 is 29.0 Å². The molecule has 3 fully saturated rings. The van der Waals surface area contributed by atoms with Crippen molar-refractivity contribution in [3.05, 3.63) is 0 Å². The minimum Gasteiger partial charge on any atom is -0.481 e. The summed E-state index contributed by atoms with van der Waals surface area (Å²) in [5.41, 5.74) is -0.731. The molecule has 202 valence electrons. The van der Waals surface area contributed by atoms with Gasteiger partial charge in [-0.2, -0.15) is 0 Å². The van der Waals surface area contributed by atoms with Gasteiger partial charge in [-0.15, -0.1) is 0 Å². The predicted molar refractivity (Wildman–Crippen MR) is 135 cm³/mol. The Morgan fingerprint density at radius 1 is 0.800 bits per heavy atom. The van der Waals surface area contributed by atoms with Crippen LogP contribution in [0.2, 0.25) is 0 Å². The fourth-order valence-corrected chi connectivity index (χ4v) is 5.12. The monoisotopic (exact) mass is 496 g/mol. The number of carbonyl (C=O) groups excluding carboxylic acids is 2. The van der Waals surface area contributed by atoms with Crippen LogP contribution in [-0.4, -0.2) is 53.0 Å². The van der Waals surface area contributed by atoms with Crippen molar-refractivity contribution in [1.82, 2.24) is 10.6 Å². The van der Waals surface area contributed by atoms with Crippen LogP contribution < -0.4 is 10.6 Å². The first kappa shape index (κ1) is 29.4. The molecule has 35 heavy (non-hydrogen) atoms. The molecule has 3 N–H and O–H groups in total. The topological polar surface area (TPSA) is 114 Å². The van der Waals surface area contributed by atoms with Gasteiger partial charge < -0.3 is 25.2 Å². The maximum absolute atomic E-state index is 12.1. The third-order valence-corrected chi connectivity index (χ3v) is 6.87. The van der Waals surface area contributed by atoms with Crippen molar-refractivity contribution >= 4 is 18.0 Å². The number of hydrogen-bond acceptors (Lipinski definition) is 6. The van der Waals surface area contributed by atoms with Gasteiger partial charge in [0.15, 0.2) is 0 Å². The average molecular weight is 497 g/mol. The van der Waals surface area contributed by atoms with Gasteiger partial charge in [0.25, 0.3) is 0 Å². The van der Waals surface area contributed by atoms with E-state index in [1.54, 1.807) is 20.8 Å². The summed E-state index contributed by atoms with van der Waals surface area (Å²) in [5.74, 6) is -1.91. The Balaban J connectivity index is 0.000000279. The number of ether oxygens (including phenoxy) is 2. The molecule has 0 aromatic rings. The lowest BCUT2D eigenvalue weighted by Gasteiger charge is -2.30. The van der Waals surface area contributed by atoms with E-state index in [2.05, 4.69) is 10.6 Å². The van der Waals surface area contributed by atoms with E-state index in [9.17, 15) is 14.4 Å². The Hall–Kier alpha value is -1.83. The van der Waals surface area contributed by atoms with Crippen molar-refractivity contribution in [3.63, 3.8) is 0 Å². The van der Waals surface area contributed by atoms with Crippen LogP contribution in [-0.2, 0) is 19.1 Å². The first-order chi connectivity index (χ1) is 16.6. The molecule has 0 aliphatic heterocycles. The normalized spacial score (nSPS) is 21.2. The number of carbonyl (C=O) groups is 3. The third-order valence-electron chi connectivity index (χ3n) is 6.87. The van der Waals surface area contributed by atoms with E-state index in [4.69, 9.17) is 14.6 Å². The first-order valence-electron chi connectivity index (χ1n) is 13.8. The number of amides is 1. The number of aliphatic carboxylic acids is 1. The van der Waals surface area contributed by atoms with Gasteiger partial charge in [0, 0.05) is 12.1 Å². The molecule has 3 aliphatic carbocycles. The zero-order chi connectivity index (χ0) is 25.7. The van der Waals surface area contributed by atoms with Gasteiger partial charge in [-0.05, 0) is 72.1 Å². The lowest BCUT2D eigenvalue weighted by Crippen LogP contribution is -2.46. The fourth-order valence-electron chi connectivity index (χ4n) is 5.12. The van der Waals surface area contributed by atoms with E-state index in [0.717, 1.165) is 44.2 Å². The summed E-state index contributed by atoms with van der Waals surface area (Å²) in [6.07, 6.45) is 17.6. The Labute approximate surface area is 211 Å². The van der Waals surface area contributed by atoms with Gasteiger partial charge in [-0.25, -0.2) is 9.59 Å². The summed E-state index contributed by atoms with van der Waals surface area (Å²) >= 11 is 0. The number of rotatable bonds is 7. The molecular formula is C27H48N2O6. The molecule has 8 heteroatoms. The molecule has 0 heterocycles. The van der Waals surface area contributed by atoms with Crippen molar-refractivity contribution in [2.45, 2.75) is 153 Å². The number of nitrogens with one attached hydrogen (secondary N) is 2. The number of alkyl carbamates (subject to hydrolysis) is 1. The summed E-state index contributed by atoms with van der Waals surface area (Å²) < 4.78 is 10.4. The number of esters is 1. The molecule has 0 spiro atoms. The Kier molecular flexibility index (Phi) is 12.9. The fraction of sp³-hybridized carbons (Fsp3) is 0.889. The lowest BCUT2D eigenvalue weighted by atomic mass is 9.91. The highest BCUT2D eigenvalue weighted by Crippen LogP contribution is 2.23. The van der Waals surface area contributed by atoms with Gasteiger partial charge in [-0.3, -0.25) is 4.79 Å². The minimum absolute atomic E-state index is 0.196. The molecule has 0 bridgehead atoms. The summed E-state index contributed by atoms with van der Waals surface area (Å²) in [7, 11) is 0. The summed E-state index contributed by atoms with van der Waals surface area (Å²) in [5, 5.41) is 15.0. The Morgan fingerprint density at radius 2 is 1.26 bits per heavy atom. The van der Waals surface area contributed by atoms with Crippen LogP contribution >= 0.6 is 0 Å². The van der Waals surface area contributed by atoms with E-state index in [0.29, 0.717) is 0 Å². The van der Waals surface area contributed by atoms with Gasteiger partial charge in [-0.1, -0.05) is 44.9 Å². The van der Waals surface area contributed by atoms with E-state index in [-0.39, 0.29) is 6.10 Å². The van der Waals surface area contributed by atoms with E-state index in [1.165, 1.54) is 64.2 Å². The van der Waals surface area contributed by atoms with Crippen molar-refractivity contribution in [1.29, 1.82) is 0 Å². The summed E-state index contributed by atoms with van der Waals surface area (Å²) in [4.78, 5) is 34.7. The number of hydrogen-bond donors (Lipinski definition) is 3. The molecule has 3 saturated carbocycles. The van der Waals surface area contributed by atoms with Crippen LogP contribution in [0.3, 0.4) is 0 Å². The zero-order valence-corrected chi connectivity index (χ0v) is 22.1. The van der Waals surface area contributed by atoms with Gasteiger partial charge in [0.05, 0.1) is 6.42 Å². The molecule has 0 aromatic carbocycles. The summed E-state index contributed by atoms with van der Waals surface area (Å²) in [6.45, 7) is 5.04. The smallest absolute Gasteiger partial charge is 0.408 e. The lowest BCUT2D eigenvalue weighted by molar-refractivity contribution is -0.156. The summed E-state index contributed by atoms with van der Waals surface area (Å²) in [6, 6.07) is 0.503. The second-order valence-corrected chi connectivity index (χ2v) is 11.3. The van der Waals surface area contributed by atoms with Crippen molar-refractivity contribution in [2.75, 3.05) is 0 Å². The van der Waals surface area contributed by atoms with Gasteiger partial charge in [0.2, 0.25) is 0 Å². The molecule has 0 saturated heterocycles. The number of carboxylic acid groups (broad SMARTS) is 1.